The summed E-state index contributed by atoms with van der Waals surface area (Å²) in [5.74, 6) is -2.60. The maximum Gasteiger partial charge on any atom is 0.326 e. The number of carbonyl (C=O) groups excluding carboxylic acids is 3. The van der Waals surface area contributed by atoms with Crippen LogP contribution in [-0.4, -0.2) is 64.9 Å². The van der Waals surface area contributed by atoms with Crippen molar-refractivity contribution < 1.29 is 24.3 Å². The summed E-state index contributed by atoms with van der Waals surface area (Å²) in [6, 6.07) is -2.69. The molecule has 0 aromatic rings. The van der Waals surface area contributed by atoms with E-state index in [-0.39, 0.29) is 19.3 Å². The maximum absolute atomic E-state index is 12.5. The number of aliphatic carboxylic acids is 1. The average Bonchev–Trinajstić information content (AvgIpc) is 3.07. The number of unbranched alkanes of at least 4 members (excludes halogenated alkanes) is 1. The Balaban J connectivity index is 2.66. The van der Waals surface area contributed by atoms with E-state index >= 15 is 0 Å². The quantitative estimate of drug-likeness (QED) is 0.267. The predicted molar refractivity (Wildman–Crippen MR) is 93.6 cm³/mol. The van der Waals surface area contributed by atoms with Crippen LogP contribution in [0.25, 0.3) is 0 Å². The van der Waals surface area contributed by atoms with Crippen LogP contribution in [0.5, 0.6) is 0 Å². The highest BCUT2D eigenvalue weighted by Crippen LogP contribution is 2.19. The molecule has 148 valence electrons. The van der Waals surface area contributed by atoms with Crippen LogP contribution in [-0.2, 0) is 19.2 Å². The number of carbonyl (C=O) groups is 4. The van der Waals surface area contributed by atoms with Gasteiger partial charge in [0, 0.05) is 13.0 Å². The number of hydrogen-bond donors (Lipinski definition) is 5. The van der Waals surface area contributed by atoms with Gasteiger partial charge in [-0.3, -0.25) is 14.4 Å². The van der Waals surface area contributed by atoms with Crippen molar-refractivity contribution in [3.8, 4) is 0 Å². The van der Waals surface area contributed by atoms with Gasteiger partial charge < -0.3 is 32.5 Å². The van der Waals surface area contributed by atoms with Crippen LogP contribution in [0, 0.1) is 0 Å². The lowest BCUT2D eigenvalue weighted by atomic mass is 10.1. The second-order valence-corrected chi connectivity index (χ2v) is 6.49. The Labute approximate surface area is 152 Å². The van der Waals surface area contributed by atoms with Gasteiger partial charge in [-0.2, -0.15) is 0 Å². The van der Waals surface area contributed by atoms with E-state index in [1.165, 1.54) is 4.90 Å². The van der Waals surface area contributed by atoms with Gasteiger partial charge in [0.25, 0.3) is 0 Å². The molecular formula is C16H29N5O5. The van der Waals surface area contributed by atoms with Crippen LogP contribution in [0.1, 0.15) is 44.9 Å². The van der Waals surface area contributed by atoms with Gasteiger partial charge in [0.15, 0.2) is 0 Å². The molecule has 0 aliphatic carbocycles. The molecule has 8 N–H and O–H groups in total. The molecule has 10 heteroatoms. The van der Waals surface area contributed by atoms with Crippen molar-refractivity contribution in [1.29, 1.82) is 0 Å². The molecule has 0 radical (unpaired) electrons. The van der Waals surface area contributed by atoms with E-state index in [0.29, 0.717) is 38.8 Å². The summed E-state index contributed by atoms with van der Waals surface area (Å²) in [6.45, 7) is 0.820. The van der Waals surface area contributed by atoms with E-state index in [1.54, 1.807) is 0 Å². The summed E-state index contributed by atoms with van der Waals surface area (Å²) in [5.41, 5.74) is 16.3. The van der Waals surface area contributed by atoms with Crippen LogP contribution in [0.2, 0.25) is 0 Å². The average molecular weight is 371 g/mol. The standard InChI is InChI=1S/C16H29N5O5/c17-8-2-1-4-11(16(25)26)20-14(23)12-5-3-9-21(12)15(24)10(18)6-7-13(19)22/h10-12H,1-9,17-18H2,(H2,19,22)(H,20,23)(H,25,26)/t10-,11-,12-/m0/s1. The van der Waals surface area contributed by atoms with Gasteiger partial charge in [-0.1, -0.05) is 0 Å². The number of likely N-dealkylation sites (tertiary alicyclic amines) is 1. The van der Waals surface area contributed by atoms with E-state index in [2.05, 4.69) is 5.32 Å². The number of carboxylic acids is 1. The summed E-state index contributed by atoms with van der Waals surface area (Å²) in [7, 11) is 0. The van der Waals surface area contributed by atoms with E-state index in [1.807, 2.05) is 0 Å². The number of amides is 3. The van der Waals surface area contributed by atoms with Crippen molar-refractivity contribution >= 4 is 23.7 Å². The van der Waals surface area contributed by atoms with Crippen molar-refractivity contribution in [1.82, 2.24) is 10.2 Å². The highest BCUT2D eigenvalue weighted by molar-refractivity contribution is 5.92. The summed E-state index contributed by atoms with van der Waals surface area (Å²) in [6.07, 6.45) is 2.68. The van der Waals surface area contributed by atoms with Crippen molar-refractivity contribution in [2.75, 3.05) is 13.1 Å². The molecule has 3 amide bonds. The van der Waals surface area contributed by atoms with Crippen LogP contribution in [0.3, 0.4) is 0 Å². The molecule has 0 spiro atoms. The number of nitrogens with one attached hydrogen (secondary N) is 1. The van der Waals surface area contributed by atoms with Crippen molar-refractivity contribution in [3.63, 3.8) is 0 Å². The SMILES string of the molecule is NCCCC[C@H](NC(=O)[C@@H]1CCCN1C(=O)[C@@H](N)CCC(N)=O)C(=O)O. The number of hydrogen-bond acceptors (Lipinski definition) is 6. The first-order chi connectivity index (χ1) is 12.3. The Bertz CT molecular complexity index is 527. The van der Waals surface area contributed by atoms with Crippen molar-refractivity contribution in [2.24, 2.45) is 17.2 Å². The van der Waals surface area contributed by atoms with E-state index in [4.69, 9.17) is 17.2 Å². The fraction of sp³-hybridized carbons (Fsp3) is 0.750. The smallest absolute Gasteiger partial charge is 0.326 e. The predicted octanol–water partition coefficient (Wildman–Crippen LogP) is -1.73. The third-order valence-electron chi connectivity index (χ3n) is 4.42. The Kier molecular flexibility index (Phi) is 9.00. The highest BCUT2D eigenvalue weighted by Gasteiger charge is 2.37. The minimum absolute atomic E-state index is 0.0140. The largest absolute Gasteiger partial charge is 0.480 e. The van der Waals surface area contributed by atoms with E-state index in [0.717, 1.165) is 0 Å². The topological polar surface area (TPSA) is 182 Å². The molecule has 1 rings (SSSR count). The number of rotatable bonds is 11. The molecule has 1 aliphatic heterocycles. The molecule has 3 atom stereocenters. The Hall–Kier alpha value is -2.20. The molecule has 0 unspecified atom stereocenters. The second-order valence-electron chi connectivity index (χ2n) is 6.49. The van der Waals surface area contributed by atoms with Crippen LogP contribution < -0.4 is 22.5 Å². The van der Waals surface area contributed by atoms with Gasteiger partial charge in [0.1, 0.15) is 12.1 Å². The molecule has 1 aliphatic rings. The monoisotopic (exact) mass is 371 g/mol. The van der Waals surface area contributed by atoms with E-state index < -0.39 is 41.8 Å². The zero-order chi connectivity index (χ0) is 19.7. The third kappa shape index (κ3) is 6.60. The van der Waals surface area contributed by atoms with Crippen LogP contribution >= 0.6 is 0 Å². The van der Waals surface area contributed by atoms with Crippen LogP contribution in [0.4, 0.5) is 0 Å². The minimum atomic E-state index is -1.12. The zero-order valence-corrected chi connectivity index (χ0v) is 14.9. The number of nitrogens with zero attached hydrogens (tertiary/aromatic N) is 1. The highest BCUT2D eigenvalue weighted by atomic mass is 16.4. The molecular weight excluding hydrogens is 342 g/mol. The molecule has 10 nitrogen and oxygen atoms in total. The molecule has 0 saturated carbocycles. The van der Waals surface area contributed by atoms with Gasteiger partial charge in [-0.15, -0.1) is 0 Å². The lowest BCUT2D eigenvalue weighted by Crippen LogP contribution is -2.54. The van der Waals surface area contributed by atoms with Crippen molar-refractivity contribution in [3.05, 3.63) is 0 Å². The summed E-state index contributed by atoms with van der Waals surface area (Å²) in [5, 5.41) is 11.8. The number of primary amides is 1. The molecule has 1 heterocycles. The molecule has 1 fully saturated rings. The molecule has 0 bridgehead atoms. The Morgan fingerprint density at radius 1 is 1.19 bits per heavy atom. The molecule has 26 heavy (non-hydrogen) atoms. The molecule has 1 saturated heterocycles. The summed E-state index contributed by atoms with van der Waals surface area (Å²) >= 11 is 0. The van der Waals surface area contributed by atoms with Gasteiger partial charge in [-0.05, 0) is 45.1 Å². The lowest BCUT2D eigenvalue weighted by Gasteiger charge is -2.27. The first kappa shape index (κ1) is 21.8. The van der Waals surface area contributed by atoms with Gasteiger partial charge in [0.2, 0.25) is 17.7 Å². The summed E-state index contributed by atoms with van der Waals surface area (Å²) < 4.78 is 0. The second kappa shape index (κ2) is 10.7. The molecule has 0 aromatic heterocycles. The van der Waals surface area contributed by atoms with Crippen molar-refractivity contribution in [2.45, 2.75) is 63.1 Å². The lowest BCUT2D eigenvalue weighted by molar-refractivity contribution is -0.144. The third-order valence-corrected chi connectivity index (χ3v) is 4.42. The maximum atomic E-state index is 12.5. The molecule has 0 aromatic carbocycles. The fourth-order valence-corrected chi connectivity index (χ4v) is 2.96. The first-order valence-electron chi connectivity index (χ1n) is 8.85. The van der Waals surface area contributed by atoms with Gasteiger partial charge in [-0.25, -0.2) is 4.79 Å². The first-order valence-corrected chi connectivity index (χ1v) is 8.85. The Morgan fingerprint density at radius 3 is 2.46 bits per heavy atom. The van der Waals surface area contributed by atoms with Gasteiger partial charge in [0.05, 0.1) is 6.04 Å². The van der Waals surface area contributed by atoms with Crippen LogP contribution in [0.15, 0.2) is 0 Å². The Morgan fingerprint density at radius 2 is 1.88 bits per heavy atom. The zero-order valence-electron chi connectivity index (χ0n) is 14.9. The fourth-order valence-electron chi connectivity index (χ4n) is 2.96. The van der Waals surface area contributed by atoms with E-state index in [9.17, 15) is 24.3 Å². The summed E-state index contributed by atoms with van der Waals surface area (Å²) in [4.78, 5) is 48.4. The minimum Gasteiger partial charge on any atom is -0.480 e. The number of nitrogens with two attached hydrogens (primary N) is 3. The van der Waals surface area contributed by atoms with Gasteiger partial charge >= 0.3 is 5.97 Å². The number of carboxylic acid groups (broad SMARTS) is 1. The normalized spacial score (nSPS) is 19.0.